The Morgan fingerprint density at radius 1 is 1.00 bits per heavy atom. The van der Waals surface area contributed by atoms with Gasteiger partial charge in [0.1, 0.15) is 18.2 Å². The number of aromatic nitrogens is 4. The number of nitrogens with zero attached hydrogens (tertiary/aromatic N) is 4. The summed E-state index contributed by atoms with van der Waals surface area (Å²) in [7, 11) is 1.61. The van der Waals surface area contributed by atoms with Crippen LogP contribution in [0.25, 0.3) is 22.5 Å². The number of hydrogen-bond acceptors (Lipinski definition) is 5. The summed E-state index contributed by atoms with van der Waals surface area (Å²) >= 11 is 0. The second-order valence-electron chi connectivity index (χ2n) is 7.43. The number of anilines is 2. The molecule has 2 aromatic carbocycles. The summed E-state index contributed by atoms with van der Waals surface area (Å²) < 4.78 is 66.8. The van der Waals surface area contributed by atoms with Crippen molar-refractivity contribution in [3.8, 4) is 22.5 Å². The van der Waals surface area contributed by atoms with Crippen molar-refractivity contribution in [3.63, 3.8) is 0 Å². The maximum Gasteiger partial charge on any atom is 0.405 e. The Kier molecular flexibility index (Phi) is 6.45. The van der Waals surface area contributed by atoms with E-state index in [1.807, 2.05) is 0 Å². The van der Waals surface area contributed by atoms with Gasteiger partial charge in [0.2, 0.25) is 5.95 Å². The molecule has 0 radical (unpaired) electrons. The lowest BCUT2D eigenvalue weighted by Crippen LogP contribution is -2.33. The van der Waals surface area contributed by atoms with Gasteiger partial charge in [-0.05, 0) is 36.4 Å². The predicted octanol–water partition coefficient (Wildman–Crippen LogP) is 4.86. The molecule has 35 heavy (non-hydrogen) atoms. The molecular weight excluding hydrogens is 471 g/mol. The normalized spacial score (nSPS) is 11.4. The fourth-order valence-electron chi connectivity index (χ4n) is 3.20. The monoisotopic (exact) mass is 488 g/mol. The van der Waals surface area contributed by atoms with Gasteiger partial charge in [0.05, 0.1) is 6.20 Å². The van der Waals surface area contributed by atoms with Gasteiger partial charge in [0.25, 0.3) is 5.91 Å². The Morgan fingerprint density at radius 3 is 2.37 bits per heavy atom. The van der Waals surface area contributed by atoms with Crippen LogP contribution in [0.5, 0.6) is 0 Å². The minimum atomic E-state index is -4.50. The van der Waals surface area contributed by atoms with Gasteiger partial charge in [0, 0.05) is 41.2 Å². The average molecular weight is 488 g/mol. The summed E-state index contributed by atoms with van der Waals surface area (Å²) in [5, 5.41) is 8.99. The number of amides is 1. The highest BCUT2D eigenvalue weighted by molar-refractivity contribution is 5.94. The second-order valence-corrected chi connectivity index (χ2v) is 7.43. The minimum Gasteiger partial charge on any atom is -0.343 e. The maximum atomic E-state index is 14.6. The van der Waals surface area contributed by atoms with Crippen LogP contribution in [0, 0.1) is 11.6 Å². The first-order valence-corrected chi connectivity index (χ1v) is 10.1. The molecular formula is C23H17F5N6O. The molecule has 0 unspecified atom stereocenters. The van der Waals surface area contributed by atoms with E-state index >= 15 is 0 Å². The lowest BCUT2D eigenvalue weighted by molar-refractivity contribution is -0.123. The molecule has 0 saturated heterocycles. The van der Waals surface area contributed by atoms with Crippen molar-refractivity contribution >= 4 is 17.5 Å². The van der Waals surface area contributed by atoms with Gasteiger partial charge < -0.3 is 10.6 Å². The summed E-state index contributed by atoms with van der Waals surface area (Å²) in [6.45, 7) is -1.43. The number of alkyl halides is 3. The van der Waals surface area contributed by atoms with E-state index in [1.165, 1.54) is 53.3 Å². The van der Waals surface area contributed by atoms with Crippen LogP contribution in [0.2, 0.25) is 0 Å². The Balaban J connectivity index is 1.49. The van der Waals surface area contributed by atoms with E-state index in [9.17, 15) is 26.7 Å². The van der Waals surface area contributed by atoms with Gasteiger partial charge in [-0.2, -0.15) is 18.2 Å². The molecule has 0 bridgehead atoms. The third-order valence-electron chi connectivity index (χ3n) is 4.91. The highest BCUT2D eigenvalue weighted by Gasteiger charge is 2.27. The van der Waals surface area contributed by atoms with Crippen molar-refractivity contribution in [2.45, 2.75) is 6.18 Å². The van der Waals surface area contributed by atoms with Crippen molar-refractivity contribution in [2.24, 2.45) is 7.05 Å². The van der Waals surface area contributed by atoms with E-state index in [2.05, 4.69) is 20.4 Å². The van der Waals surface area contributed by atoms with Crippen molar-refractivity contribution in [1.29, 1.82) is 0 Å². The molecule has 4 rings (SSSR count). The first-order valence-electron chi connectivity index (χ1n) is 10.1. The summed E-state index contributed by atoms with van der Waals surface area (Å²) in [5.74, 6) is -1.61. The van der Waals surface area contributed by atoms with Gasteiger partial charge in [-0.1, -0.05) is 12.1 Å². The standard InChI is InChI=1S/C23H17F5N6O/c1-34-22(31-15-6-7-16(18(24)10-15)17-8-9-29-11-19(17)25)32-20(33-34)13-2-4-14(5-3-13)21(35)30-12-23(26,27)28/h2-11H,12H2,1H3,(H,30,35)(H,31,32,33). The molecule has 4 aromatic rings. The van der Waals surface area contributed by atoms with E-state index < -0.39 is 30.3 Å². The van der Waals surface area contributed by atoms with Crippen LogP contribution in [0.1, 0.15) is 10.4 Å². The fraction of sp³-hybridized carbons (Fsp3) is 0.130. The molecule has 0 aliphatic heterocycles. The molecule has 0 saturated carbocycles. The number of benzene rings is 2. The van der Waals surface area contributed by atoms with Crippen LogP contribution < -0.4 is 10.6 Å². The Hall–Kier alpha value is -4.35. The first-order chi connectivity index (χ1) is 16.6. The van der Waals surface area contributed by atoms with Crippen molar-refractivity contribution in [1.82, 2.24) is 25.1 Å². The molecule has 0 atom stereocenters. The van der Waals surface area contributed by atoms with E-state index in [0.717, 1.165) is 6.20 Å². The summed E-state index contributed by atoms with van der Waals surface area (Å²) in [5.41, 5.74) is 1.07. The van der Waals surface area contributed by atoms with Crippen molar-refractivity contribution in [3.05, 3.63) is 78.1 Å². The third kappa shape index (κ3) is 5.60. The van der Waals surface area contributed by atoms with Gasteiger partial charge in [-0.25, -0.2) is 13.5 Å². The second kappa shape index (κ2) is 9.49. The molecule has 12 heteroatoms. The largest absolute Gasteiger partial charge is 0.405 e. The van der Waals surface area contributed by atoms with E-state index in [0.29, 0.717) is 11.3 Å². The number of nitrogens with one attached hydrogen (secondary N) is 2. The summed E-state index contributed by atoms with van der Waals surface area (Å²) in [4.78, 5) is 19.8. The molecule has 0 fully saturated rings. The first kappa shape index (κ1) is 23.8. The van der Waals surface area contributed by atoms with Crippen LogP contribution in [0.3, 0.4) is 0 Å². The molecule has 0 aliphatic rings. The molecule has 2 N–H and O–H groups in total. The van der Waals surface area contributed by atoms with Crippen LogP contribution in [-0.4, -0.2) is 38.4 Å². The van der Waals surface area contributed by atoms with Gasteiger partial charge in [-0.3, -0.25) is 9.78 Å². The molecule has 1 amide bonds. The topological polar surface area (TPSA) is 84.7 Å². The van der Waals surface area contributed by atoms with Crippen molar-refractivity contribution < 1.29 is 26.7 Å². The number of carbonyl (C=O) groups is 1. The Morgan fingerprint density at radius 2 is 1.71 bits per heavy atom. The van der Waals surface area contributed by atoms with E-state index in [4.69, 9.17) is 0 Å². The minimum absolute atomic E-state index is 0.0495. The predicted molar refractivity (Wildman–Crippen MR) is 118 cm³/mol. The third-order valence-corrected chi connectivity index (χ3v) is 4.91. The number of aryl methyl sites for hydroxylation is 1. The van der Waals surface area contributed by atoms with Gasteiger partial charge in [0.15, 0.2) is 5.82 Å². The number of halogens is 5. The quantitative estimate of drug-likeness (QED) is 0.379. The maximum absolute atomic E-state index is 14.6. The van der Waals surface area contributed by atoms with Crippen LogP contribution in [-0.2, 0) is 7.05 Å². The molecule has 7 nitrogen and oxygen atoms in total. The summed E-state index contributed by atoms with van der Waals surface area (Å²) in [6, 6.07) is 11.3. The fourth-order valence-corrected chi connectivity index (χ4v) is 3.20. The average Bonchev–Trinajstić information content (AvgIpc) is 3.18. The zero-order valence-corrected chi connectivity index (χ0v) is 18.1. The lowest BCUT2D eigenvalue weighted by atomic mass is 10.1. The Labute approximate surface area is 195 Å². The molecule has 2 aromatic heterocycles. The van der Waals surface area contributed by atoms with E-state index in [1.54, 1.807) is 18.4 Å². The highest BCUT2D eigenvalue weighted by Crippen LogP contribution is 2.28. The summed E-state index contributed by atoms with van der Waals surface area (Å²) in [6.07, 6.45) is -2.13. The highest BCUT2D eigenvalue weighted by atomic mass is 19.4. The molecule has 0 aliphatic carbocycles. The van der Waals surface area contributed by atoms with E-state index in [-0.39, 0.29) is 28.5 Å². The molecule has 2 heterocycles. The lowest BCUT2D eigenvalue weighted by Gasteiger charge is -2.08. The number of hydrogen-bond donors (Lipinski definition) is 2. The smallest absolute Gasteiger partial charge is 0.343 e. The van der Waals surface area contributed by atoms with Crippen LogP contribution in [0.15, 0.2) is 60.9 Å². The molecule has 0 spiro atoms. The zero-order chi connectivity index (χ0) is 25.2. The SMILES string of the molecule is Cn1nc(-c2ccc(C(=O)NCC(F)(F)F)cc2)nc1Nc1ccc(-c2ccncc2F)c(F)c1. The number of pyridine rings is 1. The number of carbonyl (C=O) groups excluding carboxylic acids is 1. The van der Waals surface area contributed by atoms with Crippen LogP contribution >= 0.6 is 0 Å². The number of rotatable bonds is 6. The zero-order valence-electron chi connectivity index (χ0n) is 18.1. The van der Waals surface area contributed by atoms with Gasteiger partial charge >= 0.3 is 6.18 Å². The van der Waals surface area contributed by atoms with Crippen molar-refractivity contribution in [2.75, 3.05) is 11.9 Å². The Bertz CT molecular complexity index is 1370. The van der Waals surface area contributed by atoms with Crippen LogP contribution in [0.4, 0.5) is 33.6 Å². The molecule has 180 valence electrons. The van der Waals surface area contributed by atoms with Gasteiger partial charge in [-0.15, -0.1) is 5.10 Å².